The molecule has 9 heteroatoms. The van der Waals surface area contributed by atoms with Crippen LogP contribution in [-0.2, 0) is 23.7 Å². The second-order valence-electron chi connectivity index (χ2n) is 18.0. The lowest BCUT2D eigenvalue weighted by Gasteiger charge is -2.39. The summed E-state index contributed by atoms with van der Waals surface area (Å²) in [6.45, 7) is 4.61. The van der Waals surface area contributed by atoms with Crippen molar-refractivity contribution in [3.8, 4) is 0 Å². The molecule has 1 fully saturated rings. The fourth-order valence-corrected chi connectivity index (χ4v) is 8.14. The Morgan fingerprint density at radius 2 is 0.917 bits per heavy atom. The molecule has 4 N–H and O–H groups in total. The molecule has 1 heterocycles. The summed E-state index contributed by atoms with van der Waals surface area (Å²) < 4.78 is 22.9. The van der Waals surface area contributed by atoms with Crippen LogP contribution in [0.1, 0.15) is 245 Å². The van der Waals surface area contributed by atoms with Crippen LogP contribution in [0.15, 0.2) is 12.2 Å². The largest absolute Gasteiger partial charge is 0.457 e. The summed E-state index contributed by atoms with van der Waals surface area (Å²) in [5.74, 6) is -0.309. The molecule has 6 atom stereocenters. The SMILES string of the molecule is CCCCCCCCCC/C=C\CCCCCCCCCCCCCC(=O)OC(COCCCCCCCCCCCCCCCC)COC1OC(CO)C(O)C(O)C1O. The van der Waals surface area contributed by atoms with Crippen LogP contribution in [-0.4, -0.2) is 89.6 Å². The highest BCUT2D eigenvalue weighted by Gasteiger charge is 2.44. The van der Waals surface area contributed by atoms with E-state index in [9.17, 15) is 25.2 Å². The van der Waals surface area contributed by atoms with Gasteiger partial charge >= 0.3 is 5.97 Å². The van der Waals surface area contributed by atoms with Gasteiger partial charge in [-0.05, 0) is 38.5 Å². The molecule has 0 amide bonds. The Kier molecular flexibility index (Phi) is 41.0. The van der Waals surface area contributed by atoms with Crippen molar-refractivity contribution < 1.29 is 44.2 Å². The molecule has 0 aromatic carbocycles. The Hall–Kier alpha value is -1.07. The van der Waals surface area contributed by atoms with Crippen LogP contribution in [0, 0.1) is 0 Å². The molecule has 0 spiro atoms. The molecule has 1 aliphatic rings. The topological polar surface area (TPSA) is 135 Å². The summed E-state index contributed by atoms with van der Waals surface area (Å²) in [5, 5.41) is 40.2. The summed E-state index contributed by atoms with van der Waals surface area (Å²) in [4.78, 5) is 12.8. The van der Waals surface area contributed by atoms with E-state index in [0.29, 0.717) is 13.0 Å². The minimum absolute atomic E-state index is 0.108. The van der Waals surface area contributed by atoms with Crippen molar-refractivity contribution in [2.45, 2.75) is 282 Å². The summed E-state index contributed by atoms with van der Waals surface area (Å²) in [6, 6.07) is 0. The van der Waals surface area contributed by atoms with Gasteiger partial charge in [0.25, 0.3) is 0 Å². The molecule has 0 aliphatic carbocycles. The number of unbranched alkanes of at least 4 members (excludes halogenated alkanes) is 32. The van der Waals surface area contributed by atoms with E-state index in [1.807, 2.05) is 0 Å². The first-order valence-corrected chi connectivity index (χ1v) is 25.8. The molecule has 6 unspecified atom stereocenters. The molecule has 356 valence electrons. The Labute approximate surface area is 369 Å². The first-order valence-electron chi connectivity index (χ1n) is 25.8. The predicted molar refractivity (Wildman–Crippen MR) is 247 cm³/mol. The number of esters is 1. The van der Waals surface area contributed by atoms with Gasteiger partial charge in [0.1, 0.15) is 30.5 Å². The second kappa shape index (κ2) is 43.2. The zero-order chi connectivity index (χ0) is 43.6. The summed E-state index contributed by atoms with van der Waals surface area (Å²) >= 11 is 0. The van der Waals surface area contributed by atoms with Crippen molar-refractivity contribution in [1.82, 2.24) is 0 Å². The predicted octanol–water partition coefficient (Wildman–Crippen LogP) is 12.4. The maximum Gasteiger partial charge on any atom is 0.306 e. The zero-order valence-electron chi connectivity index (χ0n) is 39.2. The summed E-state index contributed by atoms with van der Waals surface area (Å²) in [7, 11) is 0. The average molecular weight is 855 g/mol. The molecular formula is C51H98O9. The maximum atomic E-state index is 12.8. The maximum absolute atomic E-state index is 12.8. The minimum atomic E-state index is -1.53. The van der Waals surface area contributed by atoms with Crippen molar-refractivity contribution >= 4 is 5.97 Å². The highest BCUT2D eigenvalue weighted by molar-refractivity contribution is 5.69. The molecule has 1 saturated heterocycles. The molecule has 0 aromatic rings. The van der Waals surface area contributed by atoms with Crippen molar-refractivity contribution in [3.63, 3.8) is 0 Å². The van der Waals surface area contributed by atoms with Gasteiger partial charge in [-0.3, -0.25) is 4.79 Å². The smallest absolute Gasteiger partial charge is 0.306 e. The van der Waals surface area contributed by atoms with Gasteiger partial charge in [-0.1, -0.05) is 212 Å². The molecular weight excluding hydrogens is 757 g/mol. The Balaban J connectivity index is 2.17. The fourth-order valence-electron chi connectivity index (χ4n) is 8.14. The molecule has 9 nitrogen and oxygen atoms in total. The molecule has 0 bridgehead atoms. The third-order valence-corrected chi connectivity index (χ3v) is 12.2. The number of ether oxygens (including phenoxy) is 4. The van der Waals surface area contributed by atoms with E-state index in [2.05, 4.69) is 26.0 Å². The quantitative estimate of drug-likeness (QED) is 0.0268. The van der Waals surface area contributed by atoms with Gasteiger partial charge in [0.15, 0.2) is 6.29 Å². The van der Waals surface area contributed by atoms with Crippen LogP contribution in [0.3, 0.4) is 0 Å². The van der Waals surface area contributed by atoms with Crippen LogP contribution in [0.25, 0.3) is 0 Å². The van der Waals surface area contributed by atoms with E-state index < -0.39 is 43.4 Å². The average Bonchev–Trinajstić information content (AvgIpc) is 3.25. The molecule has 0 saturated carbocycles. The van der Waals surface area contributed by atoms with Gasteiger partial charge in [-0.15, -0.1) is 0 Å². The van der Waals surface area contributed by atoms with Crippen molar-refractivity contribution in [2.75, 3.05) is 26.4 Å². The monoisotopic (exact) mass is 855 g/mol. The van der Waals surface area contributed by atoms with Crippen molar-refractivity contribution in [3.05, 3.63) is 12.2 Å². The second-order valence-corrected chi connectivity index (χ2v) is 18.0. The summed E-state index contributed by atoms with van der Waals surface area (Å²) in [6.07, 6.45) is 42.5. The van der Waals surface area contributed by atoms with E-state index in [0.717, 1.165) is 32.1 Å². The Morgan fingerprint density at radius 3 is 1.35 bits per heavy atom. The zero-order valence-corrected chi connectivity index (χ0v) is 39.2. The third kappa shape index (κ3) is 33.5. The van der Waals surface area contributed by atoms with Crippen LogP contribution in [0.2, 0.25) is 0 Å². The standard InChI is InChI=1S/C51H98O9/c1-3-5-7-9-11-13-15-17-19-20-21-22-23-24-25-26-27-28-30-32-34-36-38-40-47(53)59-45(44-58-51-50(56)49(55)48(54)46(42-52)60-51)43-57-41-39-37-35-33-31-29-18-16-14-12-10-8-6-4-2/h20-21,45-46,48-52,54-56H,3-19,22-44H2,1-2H3/b21-20-. The van der Waals surface area contributed by atoms with Gasteiger partial charge < -0.3 is 39.4 Å². The van der Waals surface area contributed by atoms with Gasteiger partial charge in [0, 0.05) is 13.0 Å². The molecule has 60 heavy (non-hydrogen) atoms. The minimum Gasteiger partial charge on any atom is -0.457 e. The van der Waals surface area contributed by atoms with Crippen LogP contribution in [0.4, 0.5) is 0 Å². The number of allylic oxidation sites excluding steroid dienone is 2. The normalized spacial score (nSPS) is 20.0. The van der Waals surface area contributed by atoms with E-state index in [-0.39, 0.29) is 19.2 Å². The van der Waals surface area contributed by atoms with E-state index >= 15 is 0 Å². The fraction of sp³-hybridized carbons (Fsp3) is 0.941. The van der Waals surface area contributed by atoms with Crippen LogP contribution in [0.5, 0.6) is 0 Å². The highest BCUT2D eigenvalue weighted by Crippen LogP contribution is 2.23. The Morgan fingerprint density at radius 1 is 0.517 bits per heavy atom. The number of aliphatic hydroxyl groups excluding tert-OH is 4. The number of rotatable bonds is 45. The van der Waals surface area contributed by atoms with Gasteiger partial charge in [-0.25, -0.2) is 0 Å². The number of aliphatic hydroxyl groups is 4. The van der Waals surface area contributed by atoms with E-state index in [4.69, 9.17) is 18.9 Å². The van der Waals surface area contributed by atoms with Gasteiger partial charge in [0.05, 0.1) is 19.8 Å². The molecule has 1 rings (SSSR count). The lowest BCUT2D eigenvalue weighted by atomic mass is 9.99. The lowest BCUT2D eigenvalue weighted by molar-refractivity contribution is -0.305. The first-order chi connectivity index (χ1) is 29.4. The van der Waals surface area contributed by atoms with E-state index in [1.165, 1.54) is 193 Å². The van der Waals surface area contributed by atoms with Crippen LogP contribution < -0.4 is 0 Å². The first kappa shape index (κ1) is 56.9. The molecule has 0 aromatic heterocycles. The Bertz CT molecular complexity index is 930. The number of carbonyl (C=O) groups is 1. The molecule has 1 aliphatic heterocycles. The highest BCUT2D eigenvalue weighted by atomic mass is 16.7. The number of carbonyl (C=O) groups excluding carboxylic acids is 1. The van der Waals surface area contributed by atoms with Crippen molar-refractivity contribution in [1.29, 1.82) is 0 Å². The van der Waals surface area contributed by atoms with Crippen LogP contribution >= 0.6 is 0 Å². The lowest BCUT2D eigenvalue weighted by Crippen LogP contribution is -2.59. The van der Waals surface area contributed by atoms with E-state index in [1.54, 1.807) is 0 Å². The molecule has 0 radical (unpaired) electrons. The van der Waals surface area contributed by atoms with Gasteiger partial charge in [0.2, 0.25) is 0 Å². The summed E-state index contributed by atoms with van der Waals surface area (Å²) in [5.41, 5.74) is 0. The third-order valence-electron chi connectivity index (χ3n) is 12.2. The van der Waals surface area contributed by atoms with Crippen molar-refractivity contribution in [2.24, 2.45) is 0 Å². The number of hydrogen-bond donors (Lipinski definition) is 4. The number of hydrogen-bond acceptors (Lipinski definition) is 9. The van der Waals surface area contributed by atoms with Gasteiger partial charge in [-0.2, -0.15) is 0 Å².